The van der Waals surface area contributed by atoms with Gasteiger partial charge in [-0.15, -0.1) is 0 Å². The van der Waals surface area contributed by atoms with Crippen LogP contribution in [0.25, 0.3) is 10.9 Å². The summed E-state index contributed by atoms with van der Waals surface area (Å²) < 4.78 is 49.0. The first-order valence-corrected chi connectivity index (χ1v) is 13.1. The summed E-state index contributed by atoms with van der Waals surface area (Å²) in [6, 6.07) is 8.33. The average molecular weight is 533 g/mol. The Morgan fingerprint density at radius 3 is 2.65 bits per heavy atom. The normalized spacial score (nSPS) is 23.2. The molecule has 1 saturated carbocycles. The van der Waals surface area contributed by atoms with Gasteiger partial charge < -0.3 is 10.1 Å². The minimum Gasteiger partial charge on any atom is -0.492 e. The lowest BCUT2D eigenvalue weighted by Gasteiger charge is -2.38. The first-order valence-electron chi connectivity index (χ1n) is 12.7. The molecule has 0 atom stereocenters. The molecule has 1 amide bonds. The van der Waals surface area contributed by atoms with Gasteiger partial charge in [-0.05, 0) is 80.6 Å². The molecule has 196 valence electrons. The van der Waals surface area contributed by atoms with Crippen molar-refractivity contribution >= 4 is 34.1 Å². The number of likely N-dealkylation sites (tertiary alicyclic amines) is 1. The Labute approximate surface area is 217 Å². The number of aromatic nitrogens is 2. The van der Waals surface area contributed by atoms with E-state index in [2.05, 4.69) is 22.2 Å². The molecule has 6 rings (SSSR count). The number of benzene rings is 2. The Morgan fingerprint density at radius 1 is 1.19 bits per heavy atom. The standard InChI is InChI=1S/C27H28ClF3N4O2/c1-16-10-19(11-16)35-15-17-12-20(14-22(24(17)33-35)27(29,30)31)37-9-8-34-6-4-26(5-7-34)21-13-18(28)2-3-23(21)32-25(26)36/h2-3,12-16,19H,4-11H2,1H3,(H,32,36). The molecule has 10 heteroatoms. The van der Waals surface area contributed by atoms with Crippen LogP contribution in [0.1, 0.15) is 49.8 Å². The Kier molecular flexibility index (Phi) is 5.91. The van der Waals surface area contributed by atoms with Crippen molar-refractivity contribution in [3.8, 4) is 5.75 Å². The van der Waals surface area contributed by atoms with E-state index in [1.54, 1.807) is 23.0 Å². The summed E-state index contributed by atoms with van der Waals surface area (Å²) in [5, 5.41) is 8.30. The van der Waals surface area contributed by atoms with Crippen molar-refractivity contribution in [3.63, 3.8) is 0 Å². The highest BCUT2D eigenvalue weighted by Gasteiger charge is 2.48. The van der Waals surface area contributed by atoms with Crippen molar-refractivity contribution in [3.05, 3.63) is 52.7 Å². The number of piperidine rings is 1. The third kappa shape index (κ3) is 4.36. The first kappa shape index (κ1) is 24.6. The zero-order chi connectivity index (χ0) is 25.9. The topological polar surface area (TPSA) is 59.4 Å². The molecule has 1 aliphatic carbocycles. The summed E-state index contributed by atoms with van der Waals surface area (Å²) >= 11 is 6.20. The summed E-state index contributed by atoms with van der Waals surface area (Å²) in [6.45, 7) is 4.30. The number of carbonyl (C=O) groups is 1. The fourth-order valence-electron chi connectivity index (χ4n) is 6.02. The summed E-state index contributed by atoms with van der Waals surface area (Å²) in [7, 11) is 0. The van der Waals surface area contributed by atoms with Gasteiger partial charge >= 0.3 is 6.18 Å². The number of hydrogen-bond donors (Lipinski definition) is 1. The number of nitrogens with one attached hydrogen (secondary N) is 1. The quantitative estimate of drug-likeness (QED) is 0.435. The van der Waals surface area contributed by atoms with Crippen LogP contribution in [0, 0.1) is 5.92 Å². The second-order valence-electron chi connectivity index (χ2n) is 10.7. The largest absolute Gasteiger partial charge is 0.492 e. The minimum atomic E-state index is -4.52. The fraction of sp³-hybridized carbons (Fsp3) is 0.481. The predicted octanol–water partition coefficient (Wildman–Crippen LogP) is 6.04. The van der Waals surface area contributed by atoms with E-state index in [4.69, 9.17) is 16.3 Å². The van der Waals surface area contributed by atoms with E-state index >= 15 is 0 Å². The third-order valence-corrected chi connectivity index (χ3v) is 8.43. The molecule has 1 spiro atoms. The average Bonchev–Trinajstić information content (AvgIpc) is 3.36. The van der Waals surface area contributed by atoms with Gasteiger partial charge in [0.2, 0.25) is 5.91 Å². The van der Waals surface area contributed by atoms with Gasteiger partial charge in [0.05, 0.1) is 17.0 Å². The number of alkyl halides is 3. The van der Waals surface area contributed by atoms with Gasteiger partial charge in [-0.3, -0.25) is 14.4 Å². The van der Waals surface area contributed by atoms with Gasteiger partial charge in [-0.25, -0.2) is 0 Å². The molecule has 3 aromatic rings. The highest BCUT2D eigenvalue weighted by atomic mass is 35.5. The van der Waals surface area contributed by atoms with E-state index < -0.39 is 17.2 Å². The number of nitrogens with zero attached hydrogens (tertiary/aromatic N) is 3. The van der Waals surface area contributed by atoms with E-state index in [1.807, 2.05) is 12.1 Å². The van der Waals surface area contributed by atoms with Crippen molar-refractivity contribution in [1.82, 2.24) is 14.7 Å². The second-order valence-corrected chi connectivity index (χ2v) is 11.1. The zero-order valence-electron chi connectivity index (χ0n) is 20.4. The predicted molar refractivity (Wildman–Crippen MR) is 135 cm³/mol. The van der Waals surface area contributed by atoms with Crippen molar-refractivity contribution in [2.24, 2.45) is 5.92 Å². The van der Waals surface area contributed by atoms with E-state index in [-0.39, 0.29) is 29.8 Å². The van der Waals surface area contributed by atoms with Crippen molar-refractivity contribution < 1.29 is 22.7 Å². The third-order valence-electron chi connectivity index (χ3n) is 8.19. The number of fused-ring (bicyclic) bond motifs is 3. The SMILES string of the molecule is CC1CC(n2cc3cc(OCCN4CCC5(CC4)C(=O)Nc4ccc(Cl)cc45)cc(C(F)(F)F)c3n2)C1. The van der Waals surface area contributed by atoms with E-state index in [1.165, 1.54) is 0 Å². The monoisotopic (exact) mass is 532 g/mol. The molecular formula is C27H28ClF3N4O2. The summed E-state index contributed by atoms with van der Waals surface area (Å²) in [5.41, 5.74) is 0.386. The van der Waals surface area contributed by atoms with Crippen LogP contribution in [0.2, 0.25) is 5.02 Å². The van der Waals surface area contributed by atoms with E-state index in [9.17, 15) is 18.0 Å². The van der Waals surface area contributed by atoms with Crippen LogP contribution in [0.5, 0.6) is 5.75 Å². The summed E-state index contributed by atoms with van der Waals surface area (Å²) in [6.07, 6.45) is 0.331. The van der Waals surface area contributed by atoms with Gasteiger partial charge in [-0.2, -0.15) is 18.3 Å². The molecule has 1 saturated heterocycles. The number of rotatable bonds is 5. The summed E-state index contributed by atoms with van der Waals surface area (Å²) in [4.78, 5) is 15.0. The molecule has 2 aliphatic heterocycles. The number of ether oxygens (including phenoxy) is 1. The van der Waals surface area contributed by atoms with Gasteiger partial charge in [0.1, 0.15) is 17.9 Å². The number of hydrogen-bond acceptors (Lipinski definition) is 4. The first-order chi connectivity index (χ1) is 17.6. The van der Waals surface area contributed by atoms with Crippen LogP contribution in [-0.4, -0.2) is 46.8 Å². The van der Waals surface area contributed by atoms with Crippen LogP contribution < -0.4 is 10.1 Å². The number of amides is 1. The molecule has 1 N–H and O–H groups in total. The molecule has 0 radical (unpaired) electrons. The van der Waals surface area contributed by atoms with Gasteiger partial charge in [-0.1, -0.05) is 18.5 Å². The maximum atomic E-state index is 13.8. The Bertz CT molecular complexity index is 1360. The lowest BCUT2D eigenvalue weighted by molar-refractivity contribution is -0.136. The highest BCUT2D eigenvalue weighted by molar-refractivity contribution is 6.31. The van der Waals surface area contributed by atoms with Crippen LogP contribution in [0.3, 0.4) is 0 Å². The molecule has 0 bridgehead atoms. The Hall–Kier alpha value is -2.78. The zero-order valence-corrected chi connectivity index (χ0v) is 21.2. The lowest BCUT2D eigenvalue weighted by atomic mass is 9.73. The van der Waals surface area contributed by atoms with Crippen LogP contribution in [0.15, 0.2) is 36.5 Å². The molecule has 1 aromatic heterocycles. The molecule has 37 heavy (non-hydrogen) atoms. The maximum Gasteiger partial charge on any atom is 0.418 e. The maximum absolute atomic E-state index is 13.8. The van der Waals surface area contributed by atoms with Crippen molar-refractivity contribution in [1.29, 1.82) is 0 Å². The van der Waals surface area contributed by atoms with Crippen molar-refractivity contribution in [2.75, 3.05) is 31.6 Å². The van der Waals surface area contributed by atoms with Gasteiger partial charge in [0.25, 0.3) is 0 Å². The van der Waals surface area contributed by atoms with Gasteiger partial charge in [0.15, 0.2) is 0 Å². The molecule has 0 unspecified atom stereocenters. The number of halogens is 4. The number of anilines is 1. The van der Waals surface area contributed by atoms with E-state index in [0.717, 1.165) is 30.2 Å². The second kappa shape index (κ2) is 8.91. The number of carbonyl (C=O) groups excluding carboxylic acids is 1. The molecule has 3 heterocycles. The summed E-state index contributed by atoms with van der Waals surface area (Å²) in [5.74, 6) is 0.762. The van der Waals surface area contributed by atoms with Crippen LogP contribution in [0.4, 0.5) is 18.9 Å². The minimum absolute atomic E-state index is 0.00514. The highest BCUT2D eigenvalue weighted by Crippen LogP contribution is 2.46. The molecular weight excluding hydrogens is 505 g/mol. The van der Waals surface area contributed by atoms with Crippen LogP contribution >= 0.6 is 11.6 Å². The Morgan fingerprint density at radius 2 is 1.95 bits per heavy atom. The van der Waals surface area contributed by atoms with E-state index in [0.29, 0.717) is 48.8 Å². The fourth-order valence-corrected chi connectivity index (χ4v) is 6.19. The molecule has 2 fully saturated rings. The lowest BCUT2D eigenvalue weighted by Crippen LogP contribution is -2.47. The molecule has 6 nitrogen and oxygen atoms in total. The molecule has 3 aliphatic rings. The van der Waals surface area contributed by atoms with Crippen LogP contribution in [-0.2, 0) is 16.4 Å². The smallest absolute Gasteiger partial charge is 0.418 e. The van der Waals surface area contributed by atoms with Crippen molar-refractivity contribution in [2.45, 2.75) is 50.2 Å². The van der Waals surface area contributed by atoms with Gasteiger partial charge in [0, 0.05) is 28.8 Å². The molecule has 2 aromatic carbocycles. The Balaban J connectivity index is 1.12.